The van der Waals surface area contributed by atoms with E-state index in [1.54, 1.807) is 18.3 Å². The SMILES string of the molecule is N#Cc1ccnc(Nc2cc(C3CCNCC3)cc(Cl)n2)c1. The molecule has 112 valence electrons. The molecule has 1 aliphatic rings. The van der Waals surface area contributed by atoms with Crippen molar-refractivity contribution in [3.63, 3.8) is 0 Å². The Morgan fingerprint density at radius 1 is 1.23 bits per heavy atom. The Labute approximate surface area is 134 Å². The van der Waals surface area contributed by atoms with Crippen LogP contribution >= 0.6 is 11.6 Å². The van der Waals surface area contributed by atoms with E-state index in [1.165, 1.54) is 5.56 Å². The Morgan fingerprint density at radius 3 is 2.82 bits per heavy atom. The molecule has 3 rings (SSSR count). The predicted octanol–water partition coefficient (Wildman–Crippen LogP) is 3.21. The molecule has 1 fully saturated rings. The zero-order chi connectivity index (χ0) is 15.4. The molecule has 0 aromatic carbocycles. The first kappa shape index (κ1) is 14.8. The van der Waals surface area contributed by atoms with Gasteiger partial charge in [-0.1, -0.05) is 11.6 Å². The Hall–Kier alpha value is -2.16. The van der Waals surface area contributed by atoms with Crippen LogP contribution in [0.15, 0.2) is 30.5 Å². The molecule has 0 radical (unpaired) electrons. The minimum atomic E-state index is 0.468. The maximum Gasteiger partial charge on any atom is 0.133 e. The molecule has 2 aromatic rings. The zero-order valence-electron chi connectivity index (χ0n) is 12.0. The van der Waals surface area contributed by atoms with Gasteiger partial charge in [-0.25, -0.2) is 9.97 Å². The third-order valence-electron chi connectivity index (χ3n) is 3.77. The quantitative estimate of drug-likeness (QED) is 0.851. The van der Waals surface area contributed by atoms with Gasteiger partial charge in [0, 0.05) is 6.20 Å². The fourth-order valence-corrected chi connectivity index (χ4v) is 2.89. The number of rotatable bonds is 3. The van der Waals surface area contributed by atoms with Crippen molar-refractivity contribution in [3.05, 3.63) is 46.7 Å². The van der Waals surface area contributed by atoms with E-state index in [-0.39, 0.29) is 0 Å². The van der Waals surface area contributed by atoms with Crippen LogP contribution in [0.5, 0.6) is 0 Å². The monoisotopic (exact) mass is 313 g/mol. The maximum atomic E-state index is 8.94. The largest absolute Gasteiger partial charge is 0.325 e. The van der Waals surface area contributed by atoms with Crippen molar-refractivity contribution in [2.45, 2.75) is 18.8 Å². The van der Waals surface area contributed by atoms with Gasteiger partial charge >= 0.3 is 0 Å². The molecule has 0 unspecified atom stereocenters. The van der Waals surface area contributed by atoms with E-state index >= 15 is 0 Å². The number of nitrogens with one attached hydrogen (secondary N) is 2. The van der Waals surface area contributed by atoms with E-state index in [9.17, 15) is 0 Å². The van der Waals surface area contributed by atoms with Crippen LogP contribution in [-0.2, 0) is 0 Å². The van der Waals surface area contributed by atoms with Gasteiger partial charge in [0.25, 0.3) is 0 Å². The second-order valence-electron chi connectivity index (χ2n) is 5.30. The summed E-state index contributed by atoms with van der Waals surface area (Å²) in [5.41, 5.74) is 1.75. The first-order chi connectivity index (χ1) is 10.7. The van der Waals surface area contributed by atoms with Crippen LogP contribution in [0, 0.1) is 11.3 Å². The summed E-state index contributed by atoms with van der Waals surface area (Å²) in [5.74, 6) is 1.74. The molecule has 0 aliphatic carbocycles. The highest BCUT2D eigenvalue weighted by Gasteiger charge is 2.16. The van der Waals surface area contributed by atoms with Gasteiger partial charge in [0.05, 0.1) is 11.6 Å². The summed E-state index contributed by atoms with van der Waals surface area (Å²) in [5, 5.41) is 15.9. The summed E-state index contributed by atoms with van der Waals surface area (Å²) < 4.78 is 0. The highest BCUT2D eigenvalue weighted by atomic mass is 35.5. The van der Waals surface area contributed by atoms with Crippen molar-refractivity contribution in [2.75, 3.05) is 18.4 Å². The van der Waals surface area contributed by atoms with Crippen LogP contribution in [0.25, 0.3) is 0 Å². The van der Waals surface area contributed by atoms with Gasteiger partial charge in [-0.15, -0.1) is 0 Å². The van der Waals surface area contributed by atoms with Gasteiger partial charge in [-0.2, -0.15) is 5.26 Å². The average molecular weight is 314 g/mol. The van der Waals surface area contributed by atoms with Gasteiger partial charge in [-0.3, -0.25) is 0 Å². The average Bonchev–Trinajstić information content (AvgIpc) is 2.55. The number of nitriles is 1. The van der Waals surface area contributed by atoms with Crippen LogP contribution in [0.2, 0.25) is 5.15 Å². The van der Waals surface area contributed by atoms with Crippen molar-refractivity contribution < 1.29 is 0 Å². The Balaban J connectivity index is 1.84. The summed E-state index contributed by atoms with van der Waals surface area (Å²) in [7, 11) is 0. The van der Waals surface area contributed by atoms with Crippen LogP contribution < -0.4 is 10.6 Å². The highest BCUT2D eigenvalue weighted by molar-refractivity contribution is 6.29. The molecule has 0 amide bonds. The summed E-state index contributed by atoms with van der Waals surface area (Å²) >= 11 is 6.15. The van der Waals surface area contributed by atoms with E-state index in [2.05, 4.69) is 26.7 Å². The summed E-state index contributed by atoms with van der Waals surface area (Å²) in [6.07, 6.45) is 3.79. The first-order valence-electron chi connectivity index (χ1n) is 7.26. The smallest absolute Gasteiger partial charge is 0.133 e. The molecule has 0 spiro atoms. The van der Waals surface area contributed by atoms with Crippen molar-refractivity contribution in [3.8, 4) is 6.07 Å². The van der Waals surface area contributed by atoms with Crippen LogP contribution in [0.1, 0.15) is 29.9 Å². The molecule has 6 heteroatoms. The molecule has 2 aromatic heterocycles. The van der Waals surface area contributed by atoms with E-state index in [0.29, 0.717) is 28.3 Å². The number of piperidine rings is 1. The third-order valence-corrected chi connectivity index (χ3v) is 3.97. The molecule has 5 nitrogen and oxygen atoms in total. The Kier molecular flexibility index (Phi) is 4.52. The van der Waals surface area contributed by atoms with Crippen LogP contribution in [0.3, 0.4) is 0 Å². The van der Waals surface area contributed by atoms with Gasteiger partial charge in [0.1, 0.15) is 16.8 Å². The Bertz CT molecular complexity index is 704. The molecule has 1 aliphatic heterocycles. The number of anilines is 2. The van der Waals surface area contributed by atoms with Crippen LogP contribution in [-0.4, -0.2) is 23.1 Å². The van der Waals surface area contributed by atoms with Crippen molar-refractivity contribution in [1.29, 1.82) is 5.26 Å². The number of pyridine rings is 2. The number of halogens is 1. The Morgan fingerprint density at radius 2 is 2.05 bits per heavy atom. The lowest BCUT2D eigenvalue weighted by molar-refractivity contribution is 0.460. The predicted molar refractivity (Wildman–Crippen MR) is 86.3 cm³/mol. The fourth-order valence-electron chi connectivity index (χ4n) is 2.67. The molecule has 2 N–H and O–H groups in total. The minimum absolute atomic E-state index is 0.468. The van der Waals surface area contributed by atoms with Gasteiger partial charge in [0.15, 0.2) is 0 Å². The van der Waals surface area contributed by atoms with Crippen molar-refractivity contribution in [1.82, 2.24) is 15.3 Å². The summed E-state index contributed by atoms with van der Waals surface area (Å²) in [6, 6.07) is 9.39. The topological polar surface area (TPSA) is 73.6 Å². The molecule has 0 bridgehead atoms. The second-order valence-corrected chi connectivity index (χ2v) is 5.69. The first-order valence-corrected chi connectivity index (χ1v) is 7.64. The normalized spacial score (nSPS) is 15.3. The molecule has 3 heterocycles. The van der Waals surface area contributed by atoms with E-state index in [1.807, 2.05) is 12.1 Å². The van der Waals surface area contributed by atoms with Gasteiger partial charge < -0.3 is 10.6 Å². The number of hydrogen-bond acceptors (Lipinski definition) is 5. The summed E-state index contributed by atoms with van der Waals surface area (Å²) in [4.78, 5) is 8.49. The van der Waals surface area contributed by atoms with Gasteiger partial charge in [-0.05, 0) is 61.7 Å². The lowest BCUT2D eigenvalue weighted by Crippen LogP contribution is -2.26. The number of hydrogen-bond donors (Lipinski definition) is 2. The molecule has 22 heavy (non-hydrogen) atoms. The van der Waals surface area contributed by atoms with Gasteiger partial charge in [0.2, 0.25) is 0 Å². The fraction of sp³-hybridized carbons (Fsp3) is 0.312. The molecule has 1 saturated heterocycles. The lowest BCUT2D eigenvalue weighted by atomic mass is 9.91. The lowest BCUT2D eigenvalue weighted by Gasteiger charge is -2.23. The van der Waals surface area contributed by atoms with E-state index < -0.39 is 0 Å². The standard InChI is InChI=1S/C16H16ClN5/c17-14-8-13(12-2-4-19-5-3-12)9-16(21-14)22-15-7-11(10-18)1-6-20-15/h1,6-9,12,19H,2-5H2,(H,20,21,22). The highest BCUT2D eigenvalue weighted by Crippen LogP contribution is 2.29. The maximum absolute atomic E-state index is 8.94. The summed E-state index contributed by atoms with van der Waals surface area (Å²) in [6.45, 7) is 2.05. The van der Waals surface area contributed by atoms with E-state index in [4.69, 9.17) is 16.9 Å². The molecule has 0 atom stereocenters. The molecule has 0 saturated carbocycles. The number of aromatic nitrogens is 2. The van der Waals surface area contributed by atoms with E-state index in [0.717, 1.165) is 25.9 Å². The zero-order valence-corrected chi connectivity index (χ0v) is 12.8. The van der Waals surface area contributed by atoms with Crippen molar-refractivity contribution in [2.24, 2.45) is 0 Å². The third kappa shape index (κ3) is 3.53. The second kappa shape index (κ2) is 6.73. The van der Waals surface area contributed by atoms with Crippen molar-refractivity contribution >= 4 is 23.2 Å². The minimum Gasteiger partial charge on any atom is -0.325 e. The van der Waals surface area contributed by atoms with Crippen LogP contribution in [0.4, 0.5) is 11.6 Å². The molecular weight excluding hydrogens is 298 g/mol. The molecular formula is C16H16ClN5. The number of nitrogens with zero attached hydrogens (tertiary/aromatic N) is 3.